The van der Waals surface area contributed by atoms with Crippen molar-refractivity contribution in [1.29, 1.82) is 0 Å². The van der Waals surface area contributed by atoms with Gasteiger partial charge in [-0.25, -0.2) is 4.98 Å². The Morgan fingerprint density at radius 3 is 2.52 bits per heavy atom. The van der Waals surface area contributed by atoms with Crippen LogP contribution in [0.1, 0.15) is 23.7 Å². The molecule has 3 nitrogen and oxygen atoms in total. The Kier molecular flexibility index (Phi) is 4.85. The molecule has 0 aliphatic rings. The Morgan fingerprint density at radius 1 is 1.00 bits per heavy atom. The molecule has 0 saturated carbocycles. The van der Waals surface area contributed by atoms with Crippen molar-refractivity contribution in [1.82, 2.24) is 4.98 Å². The molecular weight excluding hydrogens is 301 g/mol. The van der Waals surface area contributed by atoms with Crippen LogP contribution in [-0.2, 0) is 6.42 Å². The van der Waals surface area contributed by atoms with Crippen molar-refractivity contribution in [3.05, 3.63) is 65.4 Å². The molecule has 0 aliphatic heterocycles. The molecule has 1 heterocycles. The monoisotopic (exact) mass is 320 g/mol. The van der Waals surface area contributed by atoms with Gasteiger partial charge in [0.2, 0.25) is 0 Å². The van der Waals surface area contributed by atoms with E-state index in [4.69, 9.17) is 12.6 Å². The first-order valence-corrected chi connectivity index (χ1v) is 8.72. The number of para-hydroxylation sites is 1. The quantitative estimate of drug-likeness (QED) is 0.653. The highest BCUT2D eigenvalue weighted by molar-refractivity contribution is 6.21. The van der Waals surface area contributed by atoms with Crippen LogP contribution < -0.4 is 7.58 Å². The summed E-state index contributed by atoms with van der Waals surface area (Å²) in [6.07, 6.45) is 0.915. The first-order valence-electron chi connectivity index (χ1n) is 7.78. The second kappa shape index (κ2) is 7.04. The van der Waals surface area contributed by atoms with Crippen molar-refractivity contribution in [3.63, 3.8) is 0 Å². The summed E-state index contributed by atoms with van der Waals surface area (Å²) in [5.41, 5.74) is 4.45. The molecule has 3 rings (SSSR count). The molecule has 0 fully saturated rings. The third-order valence-electron chi connectivity index (χ3n) is 3.80. The fourth-order valence-corrected chi connectivity index (χ4v) is 3.09. The predicted molar refractivity (Wildman–Crippen MR) is 94.0 cm³/mol. The maximum atomic E-state index is 5.91. The van der Waals surface area contributed by atoms with Crippen molar-refractivity contribution in [2.75, 3.05) is 0 Å². The molecular formula is C19H19AlNO2. The highest BCUT2D eigenvalue weighted by atomic mass is 27.2. The van der Waals surface area contributed by atoms with Gasteiger partial charge in [-0.15, -0.1) is 0 Å². The van der Waals surface area contributed by atoms with Gasteiger partial charge >= 0.3 is 15.9 Å². The zero-order valence-corrected chi connectivity index (χ0v) is 14.8. The Morgan fingerprint density at radius 2 is 1.78 bits per heavy atom. The molecule has 0 N–H and O–H groups in total. The number of aryl methyl sites for hydroxylation is 3. The maximum absolute atomic E-state index is 5.91. The van der Waals surface area contributed by atoms with Gasteiger partial charge in [-0.05, 0) is 50.1 Å². The topological polar surface area (TPSA) is 31.4 Å². The largest absolute Gasteiger partial charge is 0.881 e. The van der Waals surface area contributed by atoms with Gasteiger partial charge in [0.05, 0.1) is 5.75 Å². The number of rotatable bonds is 5. The van der Waals surface area contributed by atoms with Crippen molar-refractivity contribution in [2.45, 2.75) is 27.2 Å². The van der Waals surface area contributed by atoms with E-state index in [0.717, 1.165) is 34.5 Å². The van der Waals surface area contributed by atoms with Crippen LogP contribution in [0.2, 0.25) is 0 Å². The van der Waals surface area contributed by atoms with E-state index in [1.807, 2.05) is 36.4 Å². The lowest BCUT2D eigenvalue weighted by atomic mass is 10.1. The summed E-state index contributed by atoms with van der Waals surface area (Å²) in [7, 11) is 0. The van der Waals surface area contributed by atoms with E-state index in [1.54, 1.807) is 0 Å². The molecule has 1 aromatic heterocycles. The van der Waals surface area contributed by atoms with E-state index >= 15 is 0 Å². The minimum Gasteiger partial charge on any atom is -0.616 e. The Hall–Kier alpha value is -2.02. The minimum atomic E-state index is -0.628. The molecule has 0 spiro atoms. The van der Waals surface area contributed by atoms with Gasteiger partial charge in [-0.2, -0.15) is 0 Å². The van der Waals surface area contributed by atoms with Gasteiger partial charge < -0.3 is 7.58 Å². The Bertz CT molecular complexity index is 815. The zero-order chi connectivity index (χ0) is 16.2. The van der Waals surface area contributed by atoms with Gasteiger partial charge in [0.1, 0.15) is 11.3 Å². The van der Waals surface area contributed by atoms with Crippen LogP contribution >= 0.6 is 0 Å². The van der Waals surface area contributed by atoms with Gasteiger partial charge in [0.25, 0.3) is 0 Å². The first-order chi connectivity index (χ1) is 11.2. The SMILES string of the molecule is CCc1cc(C)c2cccc([O][Al][O]c3ccc(C)cc3)c2n1. The van der Waals surface area contributed by atoms with Crippen LogP contribution in [0.3, 0.4) is 0 Å². The predicted octanol–water partition coefficient (Wildman–Crippen LogP) is 4.41. The molecule has 3 aromatic rings. The van der Waals surface area contributed by atoms with E-state index in [0.29, 0.717) is 0 Å². The van der Waals surface area contributed by atoms with Crippen molar-refractivity contribution in [3.8, 4) is 11.5 Å². The summed E-state index contributed by atoms with van der Waals surface area (Å²) in [6, 6.07) is 16.2. The molecule has 1 radical (unpaired) electrons. The van der Waals surface area contributed by atoms with Gasteiger partial charge in [0, 0.05) is 11.1 Å². The smallest absolute Gasteiger partial charge is 0.616 e. The second-order valence-corrected chi connectivity index (χ2v) is 6.25. The van der Waals surface area contributed by atoms with E-state index in [2.05, 4.69) is 32.9 Å². The van der Waals surface area contributed by atoms with Gasteiger partial charge in [0.15, 0.2) is 0 Å². The van der Waals surface area contributed by atoms with Gasteiger partial charge in [-0.1, -0.05) is 36.8 Å². The molecule has 23 heavy (non-hydrogen) atoms. The average Bonchev–Trinajstić information content (AvgIpc) is 2.57. The maximum Gasteiger partial charge on any atom is 0.881 e. The average molecular weight is 320 g/mol. The Balaban J connectivity index is 1.79. The summed E-state index contributed by atoms with van der Waals surface area (Å²) in [6.45, 7) is 6.29. The highest BCUT2D eigenvalue weighted by Gasteiger charge is 2.11. The fraction of sp³-hybridized carbons (Fsp3) is 0.211. The van der Waals surface area contributed by atoms with E-state index in [9.17, 15) is 0 Å². The number of fused-ring (bicyclic) bond motifs is 1. The minimum absolute atomic E-state index is 0.628. The molecule has 4 heteroatoms. The number of hydrogen-bond acceptors (Lipinski definition) is 3. The lowest BCUT2D eigenvalue weighted by Gasteiger charge is -2.12. The molecule has 0 bridgehead atoms. The first kappa shape index (κ1) is 15.9. The van der Waals surface area contributed by atoms with Crippen molar-refractivity contribution in [2.24, 2.45) is 0 Å². The van der Waals surface area contributed by atoms with Crippen molar-refractivity contribution >= 4 is 26.8 Å². The molecule has 0 aliphatic carbocycles. The molecule has 0 amide bonds. The molecule has 2 aromatic carbocycles. The summed E-state index contributed by atoms with van der Waals surface area (Å²) in [5, 5.41) is 1.13. The van der Waals surface area contributed by atoms with E-state index < -0.39 is 15.9 Å². The van der Waals surface area contributed by atoms with Gasteiger partial charge in [-0.3, -0.25) is 0 Å². The number of aromatic nitrogens is 1. The Labute approximate surface area is 143 Å². The standard InChI is InChI=1S/C12H13NO.C7H8O.Al/c1-3-9-7-8(2)10-5-4-6-11(14)12(10)13-9;1-6-2-4-7(8)5-3-6;/h4-7,14H,3H2,1-2H3;2-5,8H,1H3;/q;;+2/p-2. The number of hydrogen-bond donors (Lipinski definition) is 0. The molecule has 115 valence electrons. The molecule has 0 atom stereocenters. The van der Waals surface area contributed by atoms with Crippen LogP contribution in [0.5, 0.6) is 11.5 Å². The van der Waals surface area contributed by atoms with Crippen LogP contribution in [0.4, 0.5) is 0 Å². The van der Waals surface area contributed by atoms with E-state index in [-0.39, 0.29) is 0 Å². The third kappa shape index (κ3) is 3.67. The van der Waals surface area contributed by atoms with Crippen LogP contribution in [0, 0.1) is 13.8 Å². The fourth-order valence-electron chi connectivity index (χ4n) is 2.48. The summed E-state index contributed by atoms with van der Waals surface area (Å²) < 4.78 is 11.6. The van der Waals surface area contributed by atoms with Crippen LogP contribution in [-0.4, -0.2) is 20.9 Å². The second-order valence-electron chi connectivity index (χ2n) is 5.58. The van der Waals surface area contributed by atoms with Crippen LogP contribution in [0.15, 0.2) is 48.5 Å². The lowest BCUT2D eigenvalue weighted by molar-refractivity contribution is 0.461. The number of pyridine rings is 1. The zero-order valence-electron chi connectivity index (χ0n) is 13.7. The third-order valence-corrected chi connectivity index (χ3v) is 4.52. The number of nitrogens with zero attached hydrogens (tertiary/aromatic N) is 1. The summed E-state index contributed by atoms with van der Waals surface area (Å²) in [4.78, 5) is 4.72. The molecule has 0 saturated heterocycles. The normalized spacial score (nSPS) is 10.6. The summed E-state index contributed by atoms with van der Waals surface area (Å²) >= 11 is -0.628. The lowest BCUT2D eigenvalue weighted by Crippen LogP contribution is -2.11. The van der Waals surface area contributed by atoms with E-state index in [1.165, 1.54) is 11.1 Å². The molecule has 0 unspecified atom stereocenters. The highest BCUT2D eigenvalue weighted by Crippen LogP contribution is 2.27. The van der Waals surface area contributed by atoms with Crippen molar-refractivity contribution < 1.29 is 7.58 Å². The van der Waals surface area contributed by atoms with Crippen LogP contribution in [0.25, 0.3) is 10.9 Å². The number of benzene rings is 2. The summed E-state index contributed by atoms with van der Waals surface area (Å²) in [5.74, 6) is 1.63.